The molecule has 0 unspecified atom stereocenters. The van der Waals surface area contributed by atoms with Crippen LogP contribution in [-0.4, -0.2) is 38.8 Å². The summed E-state index contributed by atoms with van der Waals surface area (Å²) < 4.78 is 34.0. The van der Waals surface area contributed by atoms with Gasteiger partial charge in [-0.05, 0) is 48.7 Å². The quantitative estimate of drug-likeness (QED) is 0.473. The molecule has 0 bridgehead atoms. The molecule has 1 heterocycles. The predicted octanol–water partition coefficient (Wildman–Crippen LogP) is 2.93. The van der Waals surface area contributed by atoms with E-state index < -0.39 is 22.2 Å². The minimum atomic E-state index is -3.81. The van der Waals surface area contributed by atoms with Crippen LogP contribution in [0.4, 0.5) is 0 Å². The van der Waals surface area contributed by atoms with Gasteiger partial charge in [0.1, 0.15) is 5.58 Å². The van der Waals surface area contributed by atoms with Crippen LogP contribution in [0.5, 0.6) is 0 Å². The molecule has 6 nitrogen and oxygen atoms in total. The van der Waals surface area contributed by atoms with Crippen molar-refractivity contribution >= 4 is 21.0 Å². The van der Waals surface area contributed by atoms with Gasteiger partial charge in [-0.15, -0.1) is 0 Å². The fourth-order valence-electron chi connectivity index (χ4n) is 3.17. The van der Waals surface area contributed by atoms with Crippen LogP contribution in [0.1, 0.15) is 19.4 Å². The van der Waals surface area contributed by atoms with Crippen LogP contribution in [0.15, 0.2) is 70.2 Å². The molecule has 3 N–H and O–H groups in total. The van der Waals surface area contributed by atoms with Gasteiger partial charge in [-0.1, -0.05) is 44.2 Å². The number of sulfonamides is 1. The lowest BCUT2D eigenvalue weighted by Crippen LogP contribution is -2.49. The first-order valence-corrected chi connectivity index (χ1v) is 11.3. The summed E-state index contributed by atoms with van der Waals surface area (Å²) >= 11 is 0. The number of aliphatic hydroxyl groups is 1. The second-order valence-electron chi connectivity index (χ2n) is 7.66. The molecule has 0 fully saturated rings. The largest absolute Gasteiger partial charge is 0.464 e. The lowest BCUT2D eigenvalue weighted by Gasteiger charge is -2.25. The number of nitrogens with one attached hydrogen (secondary N) is 2. The van der Waals surface area contributed by atoms with E-state index in [0.717, 1.165) is 12.1 Å². The Morgan fingerprint density at radius 3 is 2.52 bits per heavy atom. The minimum Gasteiger partial charge on any atom is -0.464 e. The summed E-state index contributed by atoms with van der Waals surface area (Å²) in [6, 6.07) is 15.3. The van der Waals surface area contributed by atoms with Crippen LogP contribution >= 0.6 is 0 Å². The van der Waals surface area contributed by atoms with Gasteiger partial charge >= 0.3 is 0 Å². The van der Waals surface area contributed by atoms with Gasteiger partial charge in [0.25, 0.3) is 0 Å². The SMILES string of the molecule is CC(C)CNC[C@@H](O)[C@H](Cc1ccccc1)NS(=O)(=O)c1ccc2occc2c1. The third kappa shape index (κ3) is 5.90. The van der Waals surface area contributed by atoms with Crippen LogP contribution in [0, 0.1) is 5.92 Å². The molecule has 0 aliphatic carbocycles. The first-order valence-electron chi connectivity index (χ1n) is 9.77. The first kappa shape index (κ1) is 21.5. The maximum Gasteiger partial charge on any atom is 0.240 e. The van der Waals surface area contributed by atoms with E-state index >= 15 is 0 Å². The van der Waals surface area contributed by atoms with Gasteiger partial charge in [-0.3, -0.25) is 0 Å². The maximum atomic E-state index is 13.0. The highest BCUT2D eigenvalue weighted by molar-refractivity contribution is 7.89. The number of furan rings is 1. The Hall–Kier alpha value is -2.19. The van der Waals surface area contributed by atoms with Gasteiger partial charge in [-0.2, -0.15) is 0 Å². The van der Waals surface area contributed by atoms with E-state index in [4.69, 9.17) is 4.42 Å². The second-order valence-corrected chi connectivity index (χ2v) is 9.37. The van der Waals surface area contributed by atoms with Crippen molar-refractivity contribution in [1.29, 1.82) is 0 Å². The lowest BCUT2D eigenvalue weighted by molar-refractivity contribution is 0.134. The van der Waals surface area contributed by atoms with Crippen molar-refractivity contribution in [2.24, 2.45) is 5.92 Å². The predicted molar refractivity (Wildman–Crippen MR) is 114 cm³/mol. The molecule has 7 heteroatoms. The van der Waals surface area contributed by atoms with E-state index in [2.05, 4.69) is 23.9 Å². The molecule has 0 radical (unpaired) electrons. The Labute approximate surface area is 172 Å². The van der Waals surface area contributed by atoms with Crippen molar-refractivity contribution in [3.8, 4) is 0 Å². The summed E-state index contributed by atoms with van der Waals surface area (Å²) in [4.78, 5) is 0.145. The molecule has 0 saturated heterocycles. The fourth-order valence-corrected chi connectivity index (χ4v) is 4.47. The molecule has 0 amide bonds. The van der Waals surface area contributed by atoms with Gasteiger partial charge in [0, 0.05) is 11.9 Å². The molecular weight excluding hydrogens is 388 g/mol. The van der Waals surface area contributed by atoms with E-state index in [1.54, 1.807) is 18.2 Å². The van der Waals surface area contributed by atoms with E-state index in [9.17, 15) is 13.5 Å². The van der Waals surface area contributed by atoms with Crippen molar-refractivity contribution < 1.29 is 17.9 Å². The van der Waals surface area contributed by atoms with E-state index in [-0.39, 0.29) is 4.90 Å². The highest BCUT2D eigenvalue weighted by Gasteiger charge is 2.26. The third-order valence-electron chi connectivity index (χ3n) is 4.71. The lowest BCUT2D eigenvalue weighted by atomic mass is 10.0. The summed E-state index contributed by atoms with van der Waals surface area (Å²) in [7, 11) is -3.81. The zero-order valence-corrected chi connectivity index (χ0v) is 17.5. The average molecular weight is 417 g/mol. The molecule has 0 aliphatic rings. The van der Waals surface area contributed by atoms with Gasteiger partial charge < -0.3 is 14.8 Å². The van der Waals surface area contributed by atoms with E-state index in [1.807, 2.05) is 30.3 Å². The van der Waals surface area contributed by atoms with Gasteiger partial charge in [0.05, 0.1) is 23.3 Å². The molecule has 0 saturated carbocycles. The maximum absolute atomic E-state index is 13.0. The average Bonchev–Trinajstić information content (AvgIpc) is 3.15. The van der Waals surface area contributed by atoms with Crippen LogP contribution in [0.25, 0.3) is 11.0 Å². The fraction of sp³-hybridized carbons (Fsp3) is 0.364. The molecule has 3 aromatic rings. The first-order chi connectivity index (χ1) is 13.8. The number of fused-ring (bicyclic) bond motifs is 1. The monoisotopic (exact) mass is 416 g/mol. The number of aliphatic hydroxyl groups excluding tert-OH is 1. The number of benzene rings is 2. The standard InChI is InChI=1S/C22H28N2O4S/c1-16(2)14-23-15-21(25)20(12-17-6-4-3-5-7-17)24-29(26,27)19-8-9-22-18(13-19)10-11-28-22/h3-11,13,16,20-21,23-25H,12,14-15H2,1-2H3/t20-,21+/m0/s1. The number of hydrogen-bond acceptors (Lipinski definition) is 5. The Morgan fingerprint density at radius 2 is 1.79 bits per heavy atom. The third-order valence-corrected chi connectivity index (χ3v) is 6.20. The Kier molecular flexibility index (Phi) is 7.08. The smallest absolute Gasteiger partial charge is 0.240 e. The van der Waals surface area contributed by atoms with Crippen LogP contribution in [0.2, 0.25) is 0 Å². The summed E-state index contributed by atoms with van der Waals surface area (Å²) in [5.74, 6) is 0.438. The Bertz CT molecular complexity index is 1020. The van der Waals surface area contributed by atoms with Crippen molar-refractivity contribution in [2.75, 3.05) is 13.1 Å². The van der Waals surface area contributed by atoms with Crippen LogP contribution in [-0.2, 0) is 16.4 Å². The molecule has 2 aromatic carbocycles. The highest BCUT2D eigenvalue weighted by atomic mass is 32.2. The molecular formula is C22H28N2O4S. The van der Waals surface area contributed by atoms with E-state index in [1.165, 1.54) is 12.3 Å². The van der Waals surface area contributed by atoms with Crippen molar-refractivity contribution in [3.05, 3.63) is 66.4 Å². The zero-order valence-electron chi connectivity index (χ0n) is 16.7. The zero-order chi connectivity index (χ0) is 20.9. The molecule has 3 rings (SSSR count). The highest BCUT2D eigenvalue weighted by Crippen LogP contribution is 2.21. The Morgan fingerprint density at radius 1 is 1.03 bits per heavy atom. The molecule has 1 aromatic heterocycles. The van der Waals surface area contributed by atoms with Crippen molar-refractivity contribution in [3.63, 3.8) is 0 Å². The molecule has 29 heavy (non-hydrogen) atoms. The molecule has 156 valence electrons. The summed E-state index contributed by atoms with van der Waals surface area (Å²) in [6.45, 7) is 5.21. The number of hydrogen-bond donors (Lipinski definition) is 3. The normalized spacial score (nSPS) is 14.3. The molecule has 2 atom stereocenters. The van der Waals surface area contributed by atoms with Crippen LogP contribution < -0.4 is 10.0 Å². The van der Waals surface area contributed by atoms with Gasteiger partial charge in [-0.25, -0.2) is 13.1 Å². The topological polar surface area (TPSA) is 91.6 Å². The summed E-state index contributed by atoms with van der Waals surface area (Å²) in [6.07, 6.45) is 1.04. The summed E-state index contributed by atoms with van der Waals surface area (Å²) in [5.41, 5.74) is 1.58. The van der Waals surface area contributed by atoms with E-state index in [0.29, 0.717) is 29.9 Å². The molecule has 0 aliphatic heterocycles. The number of rotatable bonds is 10. The van der Waals surface area contributed by atoms with Crippen LogP contribution in [0.3, 0.4) is 0 Å². The molecule has 0 spiro atoms. The second kappa shape index (κ2) is 9.54. The minimum absolute atomic E-state index is 0.145. The van der Waals surface area contributed by atoms with Gasteiger partial charge in [0.2, 0.25) is 10.0 Å². The van der Waals surface area contributed by atoms with Gasteiger partial charge in [0.15, 0.2) is 0 Å². The Balaban J connectivity index is 1.79. The van der Waals surface area contributed by atoms with Crippen molar-refractivity contribution in [1.82, 2.24) is 10.0 Å². The van der Waals surface area contributed by atoms with Crippen molar-refractivity contribution in [2.45, 2.75) is 37.3 Å². The summed E-state index contributed by atoms with van der Waals surface area (Å²) in [5, 5.41) is 14.6.